The van der Waals surface area contributed by atoms with Crippen LogP contribution in [0.4, 0.5) is 11.5 Å². The van der Waals surface area contributed by atoms with Gasteiger partial charge in [0.15, 0.2) is 5.82 Å². The van der Waals surface area contributed by atoms with Gasteiger partial charge in [0.25, 0.3) is 5.91 Å². The van der Waals surface area contributed by atoms with E-state index in [1.165, 1.54) is 0 Å². The lowest BCUT2D eigenvalue weighted by molar-refractivity contribution is 0.102. The number of aromatic nitrogens is 2. The Morgan fingerprint density at radius 2 is 2.24 bits per heavy atom. The average Bonchev–Trinajstić information content (AvgIpc) is 2.90. The zero-order valence-electron chi connectivity index (χ0n) is 12.6. The van der Waals surface area contributed by atoms with Crippen molar-refractivity contribution in [3.8, 4) is 0 Å². The molecule has 0 radical (unpaired) electrons. The number of rotatable bonds is 6. The molecule has 6 heteroatoms. The van der Waals surface area contributed by atoms with Crippen molar-refractivity contribution in [3.05, 3.63) is 35.9 Å². The third-order valence-electron chi connectivity index (χ3n) is 3.13. The first-order valence-corrected chi connectivity index (χ1v) is 7.02. The van der Waals surface area contributed by atoms with E-state index < -0.39 is 0 Å². The highest BCUT2D eigenvalue weighted by Crippen LogP contribution is 2.15. The molecule has 0 aromatic carbocycles. The van der Waals surface area contributed by atoms with Gasteiger partial charge in [0.2, 0.25) is 0 Å². The highest BCUT2D eigenvalue weighted by Gasteiger charge is 2.12. The predicted octanol–water partition coefficient (Wildman–Crippen LogP) is 2.87. The molecule has 2 rings (SSSR count). The summed E-state index contributed by atoms with van der Waals surface area (Å²) in [4.78, 5) is 18.4. The van der Waals surface area contributed by atoms with E-state index in [9.17, 15) is 4.79 Å². The van der Waals surface area contributed by atoms with Crippen molar-refractivity contribution in [2.24, 2.45) is 0 Å². The van der Waals surface area contributed by atoms with Gasteiger partial charge in [-0.25, -0.2) is 0 Å². The number of hydrogen-bond donors (Lipinski definition) is 1. The smallest absolute Gasteiger partial charge is 0.275 e. The van der Waals surface area contributed by atoms with Gasteiger partial charge in [0, 0.05) is 31.5 Å². The summed E-state index contributed by atoms with van der Waals surface area (Å²) in [5.41, 5.74) is 1.33. The van der Waals surface area contributed by atoms with E-state index in [2.05, 4.69) is 27.3 Å². The van der Waals surface area contributed by atoms with Gasteiger partial charge in [-0.3, -0.25) is 9.78 Å². The minimum absolute atomic E-state index is 0.297. The molecule has 2 heterocycles. The Bertz CT molecular complexity index is 609. The Kier molecular flexibility index (Phi) is 4.92. The Labute approximate surface area is 124 Å². The molecule has 1 N–H and O–H groups in total. The number of anilines is 2. The minimum atomic E-state index is -0.297. The summed E-state index contributed by atoms with van der Waals surface area (Å²) in [5.74, 6) is 0.740. The molecule has 0 aliphatic rings. The van der Waals surface area contributed by atoms with Gasteiger partial charge >= 0.3 is 0 Å². The molecule has 0 aliphatic carbocycles. The molecular formula is C15H20N4O2. The summed E-state index contributed by atoms with van der Waals surface area (Å²) in [7, 11) is 2.01. The van der Waals surface area contributed by atoms with Crippen molar-refractivity contribution in [2.75, 3.05) is 23.8 Å². The third-order valence-corrected chi connectivity index (χ3v) is 3.13. The zero-order valence-corrected chi connectivity index (χ0v) is 12.6. The standard InChI is InChI=1S/C15H20N4O2/c1-4-5-8-19(3)12-6-7-16-13(10-12)15(20)17-14-9-11(2)21-18-14/h6-7,9-10H,4-5,8H2,1-3H3,(H,17,18,20). The Hall–Kier alpha value is -2.37. The largest absolute Gasteiger partial charge is 0.374 e. The van der Waals surface area contributed by atoms with Crippen LogP contribution in [0.5, 0.6) is 0 Å². The molecule has 1 amide bonds. The van der Waals surface area contributed by atoms with E-state index in [0.717, 1.165) is 25.1 Å². The maximum atomic E-state index is 12.1. The van der Waals surface area contributed by atoms with Gasteiger partial charge in [0.05, 0.1) is 0 Å². The van der Waals surface area contributed by atoms with Crippen LogP contribution in [0.15, 0.2) is 28.9 Å². The maximum absolute atomic E-state index is 12.1. The van der Waals surface area contributed by atoms with Gasteiger partial charge in [0.1, 0.15) is 11.5 Å². The normalized spacial score (nSPS) is 10.4. The van der Waals surface area contributed by atoms with Gasteiger partial charge in [-0.1, -0.05) is 18.5 Å². The fourth-order valence-electron chi connectivity index (χ4n) is 1.91. The predicted molar refractivity (Wildman–Crippen MR) is 81.6 cm³/mol. The van der Waals surface area contributed by atoms with Crippen molar-refractivity contribution in [3.63, 3.8) is 0 Å². The molecular weight excluding hydrogens is 268 g/mol. The Morgan fingerprint density at radius 3 is 2.90 bits per heavy atom. The number of carbonyl (C=O) groups excluding carboxylic acids is 1. The molecule has 2 aromatic heterocycles. The quantitative estimate of drug-likeness (QED) is 0.885. The second-order valence-electron chi connectivity index (χ2n) is 4.95. The number of carbonyl (C=O) groups is 1. The maximum Gasteiger partial charge on any atom is 0.275 e. The molecule has 112 valence electrons. The first kappa shape index (κ1) is 15.0. The molecule has 0 aliphatic heterocycles. The van der Waals surface area contributed by atoms with Gasteiger partial charge in [-0.15, -0.1) is 0 Å². The van der Waals surface area contributed by atoms with Crippen molar-refractivity contribution in [2.45, 2.75) is 26.7 Å². The average molecular weight is 288 g/mol. The molecule has 2 aromatic rings. The van der Waals surface area contributed by atoms with Crippen LogP contribution >= 0.6 is 0 Å². The SMILES string of the molecule is CCCCN(C)c1ccnc(C(=O)Nc2cc(C)on2)c1. The minimum Gasteiger partial charge on any atom is -0.374 e. The first-order chi connectivity index (χ1) is 10.1. The molecule has 21 heavy (non-hydrogen) atoms. The number of aryl methyl sites for hydroxylation is 1. The van der Waals surface area contributed by atoms with Crippen LogP contribution in [0.1, 0.15) is 36.0 Å². The number of unbranched alkanes of at least 4 members (excludes halogenated alkanes) is 1. The molecule has 6 nitrogen and oxygen atoms in total. The summed E-state index contributed by atoms with van der Waals surface area (Å²) in [6, 6.07) is 5.33. The highest BCUT2D eigenvalue weighted by molar-refractivity contribution is 6.02. The second-order valence-corrected chi connectivity index (χ2v) is 4.95. The summed E-state index contributed by atoms with van der Waals surface area (Å²) < 4.78 is 4.91. The van der Waals surface area contributed by atoms with Crippen LogP contribution in [0.2, 0.25) is 0 Å². The molecule has 0 fully saturated rings. The van der Waals surface area contributed by atoms with Crippen LogP contribution in [0.3, 0.4) is 0 Å². The van der Waals surface area contributed by atoms with Crippen molar-refractivity contribution in [1.82, 2.24) is 10.1 Å². The lowest BCUT2D eigenvalue weighted by atomic mass is 10.2. The Balaban J connectivity index is 2.07. The van der Waals surface area contributed by atoms with Crippen LogP contribution in [-0.4, -0.2) is 29.6 Å². The first-order valence-electron chi connectivity index (χ1n) is 7.02. The molecule has 0 spiro atoms. The van der Waals surface area contributed by atoms with Crippen LogP contribution in [-0.2, 0) is 0 Å². The van der Waals surface area contributed by atoms with E-state index >= 15 is 0 Å². The van der Waals surface area contributed by atoms with E-state index in [1.807, 2.05) is 13.1 Å². The van der Waals surface area contributed by atoms with Crippen molar-refractivity contribution < 1.29 is 9.32 Å². The van der Waals surface area contributed by atoms with E-state index in [4.69, 9.17) is 4.52 Å². The summed E-state index contributed by atoms with van der Waals surface area (Å²) in [5, 5.41) is 6.40. The Morgan fingerprint density at radius 1 is 1.43 bits per heavy atom. The van der Waals surface area contributed by atoms with Crippen molar-refractivity contribution >= 4 is 17.4 Å². The van der Waals surface area contributed by atoms with E-state index in [0.29, 0.717) is 17.3 Å². The fraction of sp³-hybridized carbons (Fsp3) is 0.400. The van der Waals surface area contributed by atoms with Crippen LogP contribution in [0.25, 0.3) is 0 Å². The van der Waals surface area contributed by atoms with Crippen LogP contribution in [0, 0.1) is 6.92 Å². The van der Waals surface area contributed by atoms with Gasteiger partial charge in [-0.05, 0) is 25.5 Å². The number of nitrogens with one attached hydrogen (secondary N) is 1. The highest BCUT2D eigenvalue weighted by atomic mass is 16.5. The zero-order chi connectivity index (χ0) is 15.2. The van der Waals surface area contributed by atoms with Gasteiger partial charge in [-0.2, -0.15) is 0 Å². The van der Waals surface area contributed by atoms with Crippen molar-refractivity contribution in [1.29, 1.82) is 0 Å². The van der Waals surface area contributed by atoms with Gasteiger partial charge < -0.3 is 14.7 Å². The van der Waals surface area contributed by atoms with Crippen LogP contribution < -0.4 is 10.2 Å². The second kappa shape index (κ2) is 6.88. The number of pyridine rings is 1. The number of hydrogen-bond acceptors (Lipinski definition) is 5. The summed E-state index contributed by atoms with van der Waals surface area (Å²) >= 11 is 0. The lowest BCUT2D eigenvalue weighted by Crippen LogP contribution is -2.20. The monoisotopic (exact) mass is 288 g/mol. The lowest BCUT2D eigenvalue weighted by Gasteiger charge is -2.19. The topological polar surface area (TPSA) is 71.3 Å². The summed E-state index contributed by atoms with van der Waals surface area (Å²) in [6.45, 7) is 4.87. The fourth-order valence-corrected chi connectivity index (χ4v) is 1.91. The molecule has 0 saturated carbocycles. The molecule has 0 atom stereocenters. The molecule has 0 saturated heterocycles. The van der Waals surface area contributed by atoms with E-state index in [-0.39, 0.29) is 5.91 Å². The third kappa shape index (κ3) is 4.05. The van der Waals surface area contributed by atoms with E-state index in [1.54, 1.807) is 25.3 Å². The number of nitrogens with zero attached hydrogens (tertiary/aromatic N) is 3. The molecule has 0 unspecified atom stereocenters. The molecule has 0 bridgehead atoms. The number of amides is 1. The summed E-state index contributed by atoms with van der Waals surface area (Å²) in [6.07, 6.45) is 3.88.